The van der Waals surface area contributed by atoms with Crippen LogP contribution in [0.5, 0.6) is 0 Å². The lowest BCUT2D eigenvalue weighted by Crippen LogP contribution is -2.04. The van der Waals surface area contributed by atoms with Crippen LogP contribution in [-0.4, -0.2) is 20.4 Å². The third-order valence-corrected chi connectivity index (χ3v) is 2.23. The average molecular weight is 202 g/mol. The number of carbonyl (C=O) groups excluding carboxylic acids is 1. The van der Waals surface area contributed by atoms with Gasteiger partial charge in [-0.25, -0.2) is 4.98 Å². The quantitative estimate of drug-likeness (QED) is 0.459. The fourth-order valence-electron chi connectivity index (χ4n) is 1.51. The van der Waals surface area contributed by atoms with Crippen LogP contribution in [0.3, 0.4) is 0 Å². The third-order valence-electron chi connectivity index (χ3n) is 2.23. The molecular weight excluding hydrogens is 192 g/mol. The van der Waals surface area contributed by atoms with E-state index in [1.807, 2.05) is 24.3 Å². The molecule has 0 aliphatic rings. The molecule has 0 aliphatic carbocycles. The second-order valence-electron chi connectivity index (χ2n) is 3.16. The van der Waals surface area contributed by atoms with Crippen LogP contribution < -0.4 is 0 Å². The Kier molecular flexibility index (Phi) is 2.25. The number of fused-ring (bicyclic) bond motifs is 1. The number of benzene rings is 1. The van der Waals surface area contributed by atoms with E-state index in [-0.39, 0.29) is 5.78 Å². The summed E-state index contributed by atoms with van der Waals surface area (Å²) in [7, 11) is 1.77. The second kappa shape index (κ2) is 3.57. The highest BCUT2D eigenvalue weighted by atomic mass is 16.2. The van der Waals surface area contributed by atoms with E-state index in [0.29, 0.717) is 5.82 Å². The van der Waals surface area contributed by atoms with Gasteiger partial charge in [-0.2, -0.15) is 0 Å². The zero-order valence-electron chi connectivity index (χ0n) is 8.21. The van der Waals surface area contributed by atoms with Gasteiger partial charge in [-0.05, 0) is 12.1 Å². The molecule has 0 saturated carbocycles. The van der Waals surface area contributed by atoms with E-state index in [9.17, 15) is 4.79 Å². The normalized spacial score (nSPS) is 11.3. The number of hydrogen-bond acceptors (Lipinski definition) is 3. The first-order chi connectivity index (χ1) is 7.24. The summed E-state index contributed by atoms with van der Waals surface area (Å²) in [6.45, 7) is 0. The van der Waals surface area contributed by atoms with Gasteiger partial charge in [-0.1, -0.05) is 12.1 Å². The zero-order chi connectivity index (χ0) is 10.8. The molecule has 0 aliphatic heterocycles. The standard InChI is InChI=1S/C11H10N2O2/c1-13-9-5-3-2-4-8(9)12-11(13)10(15)6-7-14/h2-7,14H,1H3/b7-6+. The summed E-state index contributed by atoms with van der Waals surface area (Å²) in [6.07, 6.45) is 1.81. The first kappa shape index (κ1) is 9.45. The van der Waals surface area contributed by atoms with Crippen LogP contribution >= 0.6 is 0 Å². The maximum atomic E-state index is 11.5. The topological polar surface area (TPSA) is 55.1 Å². The fraction of sp³-hybridized carbons (Fsp3) is 0.0909. The summed E-state index contributed by atoms with van der Waals surface area (Å²) < 4.78 is 1.71. The monoisotopic (exact) mass is 202 g/mol. The first-order valence-corrected chi connectivity index (χ1v) is 4.50. The Labute approximate surface area is 86.5 Å². The molecule has 0 bridgehead atoms. The molecule has 0 fully saturated rings. The molecule has 0 unspecified atom stereocenters. The van der Waals surface area contributed by atoms with Crippen LogP contribution in [0.15, 0.2) is 36.6 Å². The van der Waals surface area contributed by atoms with Crippen LogP contribution in [-0.2, 0) is 7.05 Å². The number of aliphatic hydroxyl groups excluding tert-OH is 1. The number of aromatic nitrogens is 2. The van der Waals surface area contributed by atoms with Crippen molar-refractivity contribution in [2.75, 3.05) is 0 Å². The summed E-state index contributed by atoms with van der Waals surface area (Å²) in [5.41, 5.74) is 1.67. The van der Waals surface area contributed by atoms with E-state index in [0.717, 1.165) is 23.4 Å². The van der Waals surface area contributed by atoms with Crippen LogP contribution in [0.1, 0.15) is 10.6 Å². The van der Waals surface area contributed by atoms with Crippen molar-refractivity contribution in [3.63, 3.8) is 0 Å². The Hall–Kier alpha value is -2.10. The molecule has 1 aromatic carbocycles. The van der Waals surface area contributed by atoms with Gasteiger partial charge >= 0.3 is 0 Å². The van der Waals surface area contributed by atoms with Gasteiger partial charge in [-0.3, -0.25) is 4.79 Å². The number of aliphatic hydroxyl groups is 1. The van der Waals surface area contributed by atoms with Crippen molar-refractivity contribution in [2.24, 2.45) is 7.05 Å². The number of para-hydroxylation sites is 2. The molecule has 0 amide bonds. The van der Waals surface area contributed by atoms with Gasteiger partial charge in [0, 0.05) is 13.1 Å². The summed E-state index contributed by atoms with van der Waals surface area (Å²) in [6, 6.07) is 7.49. The molecular formula is C11H10N2O2. The van der Waals surface area contributed by atoms with E-state index in [1.54, 1.807) is 11.6 Å². The van der Waals surface area contributed by atoms with Gasteiger partial charge in [0.1, 0.15) is 0 Å². The number of hydrogen-bond donors (Lipinski definition) is 1. The van der Waals surface area contributed by atoms with Crippen LogP contribution in [0.25, 0.3) is 11.0 Å². The lowest BCUT2D eigenvalue weighted by Gasteiger charge is -1.96. The highest BCUT2D eigenvalue weighted by Gasteiger charge is 2.11. The number of carbonyl (C=O) groups is 1. The van der Waals surface area contributed by atoms with E-state index < -0.39 is 0 Å². The van der Waals surface area contributed by atoms with Crippen molar-refractivity contribution in [3.05, 3.63) is 42.4 Å². The molecule has 1 aromatic heterocycles. The molecule has 0 saturated heterocycles. The van der Waals surface area contributed by atoms with Gasteiger partial charge < -0.3 is 9.67 Å². The number of imidazole rings is 1. The number of ketones is 1. The van der Waals surface area contributed by atoms with Crippen molar-refractivity contribution in [1.29, 1.82) is 0 Å². The Morgan fingerprint density at radius 2 is 2.20 bits per heavy atom. The Balaban J connectivity index is 2.63. The van der Waals surface area contributed by atoms with E-state index >= 15 is 0 Å². The Bertz CT molecular complexity index is 541. The van der Waals surface area contributed by atoms with Gasteiger partial charge in [0.25, 0.3) is 0 Å². The van der Waals surface area contributed by atoms with Crippen molar-refractivity contribution in [3.8, 4) is 0 Å². The predicted molar refractivity (Wildman–Crippen MR) is 56.8 cm³/mol. The SMILES string of the molecule is Cn1c(C(=O)/C=C/O)nc2ccccc21. The molecule has 4 heteroatoms. The molecule has 2 rings (SSSR count). The van der Waals surface area contributed by atoms with Gasteiger partial charge in [-0.15, -0.1) is 0 Å². The predicted octanol–water partition coefficient (Wildman–Crippen LogP) is 1.83. The summed E-state index contributed by atoms with van der Waals surface area (Å²) in [5, 5.41) is 8.53. The minimum absolute atomic E-state index is 0.309. The number of nitrogens with zero attached hydrogens (tertiary/aromatic N) is 2. The molecule has 0 radical (unpaired) electrons. The molecule has 1 N–H and O–H groups in total. The molecule has 4 nitrogen and oxygen atoms in total. The Morgan fingerprint density at radius 1 is 1.47 bits per heavy atom. The second-order valence-corrected chi connectivity index (χ2v) is 3.16. The maximum absolute atomic E-state index is 11.5. The Morgan fingerprint density at radius 3 is 2.87 bits per heavy atom. The largest absolute Gasteiger partial charge is 0.515 e. The third kappa shape index (κ3) is 1.50. The van der Waals surface area contributed by atoms with Crippen LogP contribution in [0.2, 0.25) is 0 Å². The highest BCUT2D eigenvalue weighted by molar-refractivity contribution is 6.03. The highest BCUT2D eigenvalue weighted by Crippen LogP contribution is 2.14. The van der Waals surface area contributed by atoms with Crippen LogP contribution in [0.4, 0.5) is 0 Å². The first-order valence-electron chi connectivity index (χ1n) is 4.50. The van der Waals surface area contributed by atoms with Gasteiger partial charge in [0.2, 0.25) is 5.78 Å². The number of rotatable bonds is 2. The van der Waals surface area contributed by atoms with E-state index in [4.69, 9.17) is 5.11 Å². The maximum Gasteiger partial charge on any atom is 0.224 e. The molecule has 2 aromatic rings. The molecule has 15 heavy (non-hydrogen) atoms. The van der Waals surface area contributed by atoms with Crippen molar-refractivity contribution in [2.45, 2.75) is 0 Å². The van der Waals surface area contributed by atoms with Crippen molar-refractivity contribution in [1.82, 2.24) is 9.55 Å². The molecule has 0 atom stereocenters. The van der Waals surface area contributed by atoms with Gasteiger partial charge in [0.05, 0.1) is 17.3 Å². The zero-order valence-corrected chi connectivity index (χ0v) is 8.21. The van der Waals surface area contributed by atoms with E-state index in [1.165, 1.54) is 0 Å². The smallest absolute Gasteiger partial charge is 0.224 e. The lowest BCUT2D eigenvalue weighted by atomic mass is 10.3. The lowest BCUT2D eigenvalue weighted by molar-refractivity contribution is 0.103. The summed E-state index contributed by atoms with van der Waals surface area (Å²) in [5.74, 6) is 0.0118. The van der Waals surface area contributed by atoms with E-state index in [2.05, 4.69) is 4.98 Å². The van der Waals surface area contributed by atoms with Crippen LogP contribution in [0, 0.1) is 0 Å². The fourth-order valence-corrected chi connectivity index (χ4v) is 1.51. The number of allylic oxidation sites excluding steroid dienone is 1. The van der Waals surface area contributed by atoms with Crippen molar-refractivity contribution >= 4 is 16.8 Å². The summed E-state index contributed by atoms with van der Waals surface area (Å²) in [4.78, 5) is 15.7. The van der Waals surface area contributed by atoms with Crippen molar-refractivity contribution < 1.29 is 9.90 Å². The number of aryl methyl sites for hydroxylation is 1. The minimum atomic E-state index is -0.309. The molecule has 0 spiro atoms. The molecule has 1 heterocycles. The van der Waals surface area contributed by atoms with Gasteiger partial charge in [0.15, 0.2) is 5.82 Å². The molecule has 76 valence electrons. The summed E-state index contributed by atoms with van der Waals surface area (Å²) >= 11 is 0. The minimum Gasteiger partial charge on any atom is -0.515 e. The average Bonchev–Trinajstić information content (AvgIpc) is 2.57.